The van der Waals surface area contributed by atoms with E-state index in [0.29, 0.717) is 12.2 Å². The fourth-order valence-electron chi connectivity index (χ4n) is 3.29. The van der Waals surface area contributed by atoms with Gasteiger partial charge in [0.25, 0.3) is 0 Å². The molecule has 0 bridgehead atoms. The lowest BCUT2D eigenvalue weighted by atomic mass is 9.98. The van der Waals surface area contributed by atoms with Crippen molar-refractivity contribution in [3.8, 4) is 11.1 Å². The number of aryl methyl sites for hydroxylation is 1. The van der Waals surface area contributed by atoms with E-state index in [0.717, 1.165) is 42.1 Å². The molecule has 0 aliphatic carbocycles. The van der Waals surface area contributed by atoms with Gasteiger partial charge in [0.2, 0.25) is 5.95 Å². The van der Waals surface area contributed by atoms with Gasteiger partial charge in [-0.1, -0.05) is 24.3 Å². The Labute approximate surface area is 167 Å². The lowest BCUT2D eigenvalue weighted by Crippen LogP contribution is -2.03. The predicted molar refractivity (Wildman–Crippen MR) is 114 cm³/mol. The van der Waals surface area contributed by atoms with E-state index >= 15 is 0 Å². The molecule has 0 saturated carbocycles. The number of aromatic amines is 1. The van der Waals surface area contributed by atoms with Crippen LogP contribution in [-0.2, 0) is 11.2 Å². The fourth-order valence-corrected chi connectivity index (χ4v) is 4.26. The van der Waals surface area contributed by atoms with Crippen LogP contribution in [0.1, 0.15) is 12.0 Å². The molecule has 2 aromatic carbocycles. The number of nitrogens with one attached hydrogen (secondary N) is 1. The average Bonchev–Trinajstić information content (AvgIpc) is 3.09. The first kappa shape index (κ1) is 17.5. The number of nitrogens with two attached hydrogens (primary N) is 2. The Hall–Kier alpha value is -2.88. The number of anilines is 2. The third kappa shape index (κ3) is 3.05. The van der Waals surface area contributed by atoms with Gasteiger partial charge in [-0.15, -0.1) is 0 Å². The van der Waals surface area contributed by atoms with E-state index in [2.05, 4.69) is 37.5 Å². The van der Waals surface area contributed by atoms with E-state index in [4.69, 9.17) is 16.6 Å². The summed E-state index contributed by atoms with van der Waals surface area (Å²) < 4.78 is 0.927. The third-order valence-electron chi connectivity index (χ3n) is 4.52. The number of fused-ring (bicyclic) bond motifs is 3. The summed E-state index contributed by atoms with van der Waals surface area (Å²) in [6.45, 7) is 0. The highest BCUT2D eigenvalue weighted by Gasteiger charge is 2.19. The molecule has 0 atom stereocenters. The van der Waals surface area contributed by atoms with Crippen LogP contribution in [0.4, 0.5) is 11.8 Å². The normalized spacial score (nSPS) is 11.3. The number of H-pyrrole nitrogens is 1. The van der Waals surface area contributed by atoms with Crippen molar-refractivity contribution in [2.45, 2.75) is 12.8 Å². The summed E-state index contributed by atoms with van der Waals surface area (Å²) in [6, 6.07) is 9.85. The Kier molecular flexibility index (Phi) is 4.34. The van der Waals surface area contributed by atoms with Gasteiger partial charge in [0, 0.05) is 27.1 Å². The molecule has 8 heteroatoms. The summed E-state index contributed by atoms with van der Waals surface area (Å²) in [5.74, 6) is -0.301. The number of carboxylic acid groups (broad SMARTS) is 1. The summed E-state index contributed by atoms with van der Waals surface area (Å²) in [5.41, 5.74) is 16.6. The molecule has 136 valence electrons. The van der Waals surface area contributed by atoms with Gasteiger partial charge in [0.05, 0.1) is 16.4 Å². The zero-order valence-corrected chi connectivity index (χ0v) is 16.3. The summed E-state index contributed by atoms with van der Waals surface area (Å²) in [5, 5.41) is 10.6. The predicted octanol–water partition coefficient (Wildman–Crippen LogP) is 3.56. The van der Waals surface area contributed by atoms with Gasteiger partial charge in [0.15, 0.2) is 0 Å². The van der Waals surface area contributed by atoms with E-state index in [-0.39, 0.29) is 12.4 Å². The lowest BCUT2D eigenvalue weighted by Gasteiger charge is -2.13. The van der Waals surface area contributed by atoms with Crippen LogP contribution in [0.2, 0.25) is 0 Å². The number of hydrogen-bond donors (Lipinski definition) is 4. The van der Waals surface area contributed by atoms with Gasteiger partial charge in [0.1, 0.15) is 5.82 Å². The average molecular weight is 473 g/mol. The van der Waals surface area contributed by atoms with Crippen molar-refractivity contribution < 1.29 is 9.90 Å². The topological polar surface area (TPSA) is 131 Å². The molecule has 0 spiro atoms. The Balaban J connectivity index is 1.92. The van der Waals surface area contributed by atoms with Crippen LogP contribution < -0.4 is 11.5 Å². The highest BCUT2D eigenvalue weighted by molar-refractivity contribution is 14.1. The molecule has 0 aliphatic heterocycles. The van der Waals surface area contributed by atoms with Gasteiger partial charge in [-0.2, -0.15) is 4.98 Å². The molecule has 2 heterocycles. The van der Waals surface area contributed by atoms with Crippen LogP contribution in [0.3, 0.4) is 0 Å². The van der Waals surface area contributed by atoms with Gasteiger partial charge < -0.3 is 21.6 Å². The Morgan fingerprint density at radius 2 is 1.89 bits per heavy atom. The van der Waals surface area contributed by atoms with Crippen molar-refractivity contribution in [3.63, 3.8) is 0 Å². The van der Waals surface area contributed by atoms with Crippen molar-refractivity contribution in [2.75, 3.05) is 11.5 Å². The molecule has 4 rings (SSSR count). The van der Waals surface area contributed by atoms with Crippen molar-refractivity contribution in [1.82, 2.24) is 15.0 Å². The van der Waals surface area contributed by atoms with Crippen LogP contribution in [0, 0.1) is 3.57 Å². The summed E-state index contributed by atoms with van der Waals surface area (Å²) in [6.07, 6.45) is 2.48. The van der Waals surface area contributed by atoms with Crippen LogP contribution in [-0.4, -0.2) is 26.0 Å². The quantitative estimate of drug-likeness (QED) is 0.336. The van der Waals surface area contributed by atoms with Crippen molar-refractivity contribution in [1.29, 1.82) is 0 Å². The molecule has 0 unspecified atom stereocenters. The summed E-state index contributed by atoms with van der Waals surface area (Å²) >= 11 is 2.26. The number of aromatic nitrogens is 3. The number of nitrogens with zero attached hydrogens (tertiary/aromatic N) is 2. The van der Waals surface area contributed by atoms with E-state index in [9.17, 15) is 4.79 Å². The number of carbonyl (C=O) groups is 1. The summed E-state index contributed by atoms with van der Waals surface area (Å²) in [4.78, 5) is 22.6. The Morgan fingerprint density at radius 1 is 1.15 bits per heavy atom. The number of benzene rings is 2. The Bertz CT molecular complexity index is 1180. The molecule has 0 fully saturated rings. The standard InChI is InChI=1S/C19H16IN5O2/c20-15-13(10-4-1-9(2-5-10)3-6-12(26)27)16-11(7-8-23-16)14-17(15)24-19(22)25-18(14)21/h1-2,4-5,7-8,23H,3,6H2,(H,26,27)(H4,21,22,24,25). The second kappa shape index (κ2) is 6.69. The molecule has 0 radical (unpaired) electrons. The highest BCUT2D eigenvalue weighted by atomic mass is 127. The summed E-state index contributed by atoms with van der Waals surface area (Å²) in [7, 11) is 0. The van der Waals surface area contributed by atoms with Gasteiger partial charge in [-0.05, 0) is 46.2 Å². The fraction of sp³-hybridized carbons (Fsp3) is 0.105. The Morgan fingerprint density at radius 3 is 2.59 bits per heavy atom. The second-order valence-electron chi connectivity index (χ2n) is 6.24. The van der Waals surface area contributed by atoms with Crippen molar-refractivity contribution in [2.24, 2.45) is 0 Å². The van der Waals surface area contributed by atoms with Crippen molar-refractivity contribution >= 4 is 62.1 Å². The zero-order chi connectivity index (χ0) is 19.1. The molecule has 0 saturated heterocycles. The van der Waals surface area contributed by atoms with E-state index in [1.165, 1.54) is 0 Å². The first-order chi connectivity index (χ1) is 13.0. The SMILES string of the molecule is Nc1nc(N)c2c(n1)c(I)c(-c1ccc(CCC(=O)O)cc1)c1[nH]ccc12. The van der Waals surface area contributed by atoms with Gasteiger partial charge >= 0.3 is 5.97 Å². The first-order valence-corrected chi connectivity index (χ1v) is 9.36. The maximum absolute atomic E-state index is 10.8. The highest BCUT2D eigenvalue weighted by Crippen LogP contribution is 2.40. The molecule has 4 aromatic rings. The molecule has 7 nitrogen and oxygen atoms in total. The van der Waals surface area contributed by atoms with Crippen LogP contribution in [0.15, 0.2) is 36.5 Å². The maximum Gasteiger partial charge on any atom is 0.303 e. The largest absolute Gasteiger partial charge is 0.481 e. The lowest BCUT2D eigenvalue weighted by molar-refractivity contribution is -0.136. The number of carboxylic acids is 1. The maximum atomic E-state index is 10.8. The first-order valence-electron chi connectivity index (χ1n) is 8.28. The minimum atomic E-state index is -0.800. The van der Waals surface area contributed by atoms with E-state index < -0.39 is 5.97 Å². The molecular formula is C19H16IN5O2. The van der Waals surface area contributed by atoms with Gasteiger partial charge in [-0.3, -0.25) is 4.79 Å². The number of nitrogen functional groups attached to an aromatic ring is 2. The number of halogens is 1. The minimum absolute atomic E-state index is 0.114. The monoisotopic (exact) mass is 473 g/mol. The number of rotatable bonds is 4. The van der Waals surface area contributed by atoms with E-state index in [1.54, 1.807) is 0 Å². The van der Waals surface area contributed by atoms with Crippen LogP contribution in [0.25, 0.3) is 32.9 Å². The third-order valence-corrected chi connectivity index (χ3v) is 5.57. The smallest absolute Gasteiger partial charge is 0.303 e. The molecule has 2 aromatic heterocycles. The minimum Gasteiger partial charge on any atom is -0.481 e. The zero-order valence-electron chi connectivity index (χ0n) is 14.2. The second-order valence-corrected chi connectivity index (χ2v) is 7.32. The molecular weight excluding hydrogens is 457 g/mol. The molecule has 0 aliphatic rings. The van der Waals surface area contributed by atoms with Crippen molar-refractivity contribution in [3.05, 3.63) is 45.7 Å². The number of aliphatic carboxylic acids is 1. The van der Waals surface area contributed by atoms with Crippen LogP contribution in [0.5, 0.6) is 0 Å². The molecule has 27 heavy (non-hydrogen) atoms. The molecule has 6 N–H and O–H groups in total. The molecule has 0 amide bonds. The van der Waals surface area contributed by atoms with Gasteiger partial charge in [-0.25, -0.2) is 4.98 Å². The van der Waals surface area contributed by atoms with E-state index in [1.807, 2.05) is 36.5 Å². The van der Waals surface area contributed by atoms with Crippen LogP contribution >= 0.6 is 22.6 Å². The number of hydrogen-bond acceptors (Lipinski definition) is 5.